The second kappa shape index (κ2) is 4.94. The van der Waals surface area contributed by atoms with E-state index in [0.717, 1.165) is 11.8 Å². The van der Waals surface area contributed by atoms with Crippen LogP contribution in [0.5, 0.6) is 5.75 Å². The third kappa shape index (κ3) is 2.58. The average Bonchev–Trinajstić information content (AvgIpc) is 2.19. The van der Waals surface area contributed by atoms with E-state index < -0.39 is 3.23 Å². The summed E-state index contributed by atoms with van der Waals surface area (Å²) in [6.07, 6.45) is 0.783. The molecule has 1 aromatic carbocycles. The number of rotatable bonds is 4. The van der Waals surface area contributed by atoms with Crippen molar-refractivity contribution in [2.75, 3.05) is 6.61 Å². The monoisotopic (exact) mass is 320 g/mol. The Morgan fingerprint density at radius 2 is 2.07 bits per heavy atom. The van der Waals surface area contributed by atoms with Gasteiger partial charge in [-0.1, -0.05) is 50.1 Å². The maximum absolute atomic E-state index is 10.8. The van der Waals surface area contributed by atoms with Gasteiger partial charge in [0.15, 0.2) is 9.52 Å². The first-order valence-corrected chi connectivity index (χ1v) is 5.77. The van der Waals surface area contributed by atoms with Gasteiger partial charge in [-0.25, -0.2) is 0 Å². The molecular weight excluding hydrogens is 312 g/mol. The second-order valence-corrected chi connectivity index (χ2v) is 6.24. The van der Waals surface area contributed by atoms with E-state index >= 15 is 0 Å². The topological polar surface area (TPSA) is 26.3 Å². The highest BCUT2D eigenvalue weighted by Gasteiger charge is 2.27. The Morgan fingerprint density at radius 1 is 1.43 bits per heavy atom. The lowest BCUT2D eigenvalue weighted by atomic mass is 10.1. The summed E-state index contributed by atoms with van der Waals surface area (Å²) in [6, 6.07) is 7.40. The van der Waals surface area contributed by atoms with E-state index in [0.29, 0.717) is 12.4 Å². The third-order valence-corrected chi connectivity index (χ3v) is 2.92. The molecule has 4 heteroatoms. The fourth-order valence-corrected chi connectivity index (χ4v) is 1.74. The number of benzene rings is 1. The van der Waals surface area contributed by atoms with Gasteiger partial charge in [0.05, 0.1) is 6.61 Å². The number of halogens is 2. The van der Waals surface area contributed by atoms with Crippen molar-refractivity contribution in [1.29, 1.82) is 0 Å². The highest BCUT2D eigenvalue weighted by Crippen LogP contribution is 2.40. The van der Waals surface area contributed by atoms with E-state index in [-0.39, 0.29) is 0 Å². The molecule has 0 aliphatic rings. The van der Waals surface area contributed by atoms with Crippen LogP contribution in [0.3, 0.4) is 0 Å². The summed E-state index contributed by atoms with van der Waals surface area (Å²) in [5.41, 5.74) is 0.775. The quantitative estimate of drug-likeness (QED) is 0.628. The Kier molecular flexibility index (Phi) is 4.13. The standard InChI is InChI=1S/C10H10Br2O2/c1-2-14-9-6-4-3-5-8(9)10(11,12)7-13/h3-7H,2H2,1H3. The molecule has 0 heterocycles. The molecule has 0 unspecified atom stereocenters. The van der Waals surface area contributed by atoms with Gasteiger partial charge >= 0.3 is 0 Å². The molecule has 2 nitrogen and oxygen atoms in total. The van der Waals surface area contributed by atoms with Crippen LogP contribution in [0.15, 0.2) is 24.3 Å². The minimum atomic E-state index is -0.855. The minimum absolute atomic E-state index is 0.575. The number of hydrogen-bond donors (Lipinski definition) is 0. The molecule has 0 N–H and O–H groups in total. The minimum Gasteiger partial charge on any atom is -0.493 e. The zero-order valence-corrected chi connectivity index (χ0v) is 10.8. The maximum Gasteiger partial charge on any atom is 0.164 e. The van der Waals surface area contributed by atoms with E-state index in [9.17, 15) is 4.79 Å². The lowest BCUT2D eigenvalue weighted by molar-refractivity contribution is -0.107. The average molecular weight is 322 g/mol. The Hall–Kier alpha value is -0.350. The number of carbonyl (C=O) groups is 1. The fourth-order valence-electron chi connectivity index (χ4n) is 1.09. The molecule has 0 aromatic heterocycles. The van der Waals surface area contributed by atoms with Crippen molar-refractivity contribution in [1.82, 2.24) is 0 Å². The molecule has 0 atom stereocenters. The van der Waals surface area contributed by atoms with Gasteiger partial charge in [-0.15, -0.1) is 0 Å². The molecule has 76 valence electrons. The van der Waals surface area contributed by atoms with Gasteiger partial charge < -0.3 is 9.53 Å². The molecule has 0 bridgehead atoms. The second-order valence-electron chi connectivity index (χ2n) is 2.67. The molecule has 1 rings (SSSR count). The molecule has 0 saturated heterocycles. The van der Waals surface area contributed by atoms with E-state index in [1.54, 1.807) is 0 Å². The summed E-state index contributed by atoms with van der Waals surface area (Å²) in [5, 5.41) is 0. The summed E-state index contributed by atoms with van der Waals surface area (Å²) in [5.74, 6) is 0.704. The number of hydrogen-bond acceptors (Lipinski definition) is 2. The predicted molar refractivity (Wildman–Crippen MR) is 63.2 cm³/mol. The van der Waals surface area contributed by atoms with Gasteiger partial charge in [0, 0.05) is 5.56 Å². The van der Waals surface area contributed by atoms with Crippen LogP contribution in [0.4, 0.5) is 0 Å². The van der Waals surface area contributed by atoms with Crippen LogP contribution in [0.25, 0.3) is 0 Å². The Bertz CT molecular complexity index is 324. The van der Waals surface area contributed by atoms with Crippen molar-refractivity contribution in [3.8, 4) is 5.75 Å². The molecule has 14 heavy (non-hydrogen) atoms. The van der Waals surface area contributed by atoms with Gasteiger partial charge in [-0.2, -0.15) is 0 Å². The number of aldehydes is 1. The SMILES string of the molecule is CCOc1ccccc1C(Br)(Br)C=O. The third-order valence-electron chi connectivity index (χ3n) is 1.69. The van der Waals surface area contributed by atoms with Gasteiger partial charge in [-0.3, -0.25) is 0 Å². The van der Waals surface area contributed by atoms with E-state index in [1.807, 2.05) is 31.2 Å². The Balaban J connectivity index is 3.12. The van der Waals surface area contributed by atoms with Crippen molar-refractivity contribution in [3.63, 3.8) is 0 Å². The van der Waals surface area contributed by atoms with Gasteiger partial charge in [0.2, 0.25) is 0 Å². The van der Waals surface area contributed by atoms with Crippen molar-refractivity contribution in [2.45, 2.75) is 10.2 Å². The van der Waals surface area contributed by atoms with Gasteiger partial charge in [-0.05, 0) is 13.0 Å². The van der Waals surface area contributed by atoms with Crippen molar-refractivity contribution in [3.05, 3.63) is 29.8 Å². The van der Waals surface area contributed by atoms with Crippen LogP contribution in [0, 0.1) is 0 Å². The van der Waals surface area contributed by atoms with E-state index in [2.05, 4.69) is 31.9 Å². The number of para-hydroxylation sites is 1. The summed E-state index contributed by atoms with van der Waals surface area (Å²) in [4.78, 5) is 10.8. The lowest BCUT2D eigenvalue weighted by Crippen LogP contribution is -2.12. The van der Waals surface area contributed by atoms with Crippen LogP contribution in [0.1, 0.15) is 12.5 Å². The first-order valence-electron chi connectivity index (χ1n) is 4.18. The molecule has 0 aliphatic carbocycles. The normalized spacial score (nSPS) is 11.1. The first kappa shape index (κ1) is 11.7. The predicted octanol–water partition coefficient (Wildman–Crippen LogP) is 3.23. The smallest absolute Gasteiger partial charge is 0.164 e. The highest BCUT2D eigenvalue weighted by atomic mass is 79.9. The van der Waals surface area contributed by atoms with Gasteiger partial charge in [0.1, 0.15) is 5.75 Å². The fraction of sp³-hybridized carbons (Fsp3) is 0.300. The van der Waals surface area contributed by atoms with E-state index in [1.165, 1.54) is 0 Å². The van der Waals surface area contributed by atoms with Crippen molar-refractivity contribution < 1.29 is 9.53 Å². The largest absolute Gasteiger partial charge is 0.493 e. The van der Waals surface area contributed by atoms with Gasteiger partial charge in [0.25, 0.3) is 0 Å². The summed E-state index contributed by atoms with van der Waals surface area (Å²) in [6.45, 7) is 2.48. The van der Waals surface area contributed by atoms with Crippen LogP contribution in [-0.4, -0.2) is 12.9 Å². The molecule has 0 spiro atoms. The number of carbonyl (C=O) groups excluding carboxylic acids is 1. The molecule has 0 amide bonds. The molecule has 0 fully saturated rings. The molecule has 0 radical (unpaired) electrons. The van der Waals surface area contributed by atoms with Crippen LogP contribution in [0.2, 0.25) is 0 Å². The Labute approximate surface area is 99.9 Å². The summed E-state index contributed by atoms with van der Waals surface area (Å²) in [7, 11) is 0. The molecule has 0 aliphatic heterocycles. The van der Waals surface area contributed by atoms with Crippen LogP contribution >= 0.6 is 31.9 Å². The summed E-state index contributed by atoms with van der Waals surface area (Å²) >= 11 is 6.56. The first-order chi connectivity index (χ1) is 6.61. The van der Waals surface area contributed by atoms with Crippen molar-refractivity contribution in [2.24, 2.45) is 0 Å². The zero-order chi connectivity index (χ0) is 10.6. The number of ether oxygens (including phenoxy) is 1. The Morgan fingerprint density at radius 3 is 2.64 bits per heavy atom. The summed E-state index contributed by atoms with van der Waals surface area (Å²) < 4.78 is 4.55. The highest BCUT2D eigenvalue weighted by molar-refractivity contribution is 9.25. The van der Waals surface area contributed by atoms with Crippen molar-refractivity contribution >= 4 is 38.1 Å². The van der Waals surface area contributed by atoms with E-state index in [4.69, 9.17) is 4.74 Å². The van der Waals surface area contributed by atoms with Crippen LogP contribution in [-0.2, 0) is 8.03 Å². The molecule has 0 saturated carbocycles. The lowest BCUT2D eigenvalue weighted by Gasteiger charge is -2.17. The molecular formula is C10H10Br2O2. The zero-order valence-electron chi connectivity index (χ0n) is 7.67. The van der Waals surface area contributed by atoms with Crippen LogP contribution < -0.4 is 4.74 Å². The number of alkyl halides is 2. The molecule has 1 aromatic rings. The maximum atomic E-state index is 10.8.